The molecule has 1 aliphatic heterocycles. The van der Waals surface area contributed by atoms with Gasteiger partial charge < -0.3 is 9.64 Å². The molecule has 1 atom stereocenters. The van der Waals surface area contributed by atoms with E-state index in [-0.39, 0.29) is 12.0 Å². The maximum atomic E-state index is 12.9. The smallest absolute Gasteiger partial charge is 0.265 e. The lowest BCUT2D eigenvalue weighted by Gasteiger charge is -2.25. The van der Waals surface area contributed by atoms with Crippen LogP contribution in [0, 0.1) is 0 Å². The van der Waals surface area contributed by atoms with E-state index in [0.29, 0.717) is 13.1 Å². The lowest BCUT2D eigenvalue weighted by molar-refractivity contribution is 0.0510. The highest BCUT2D eigenvalue weighted by molar-refractivity contribution is 9.10. The minimum atomic E-state index is 0.0706. The lowest BCUT2D eigenvalue weighted by Crippen LogP contribution is -2.36. The van der Waals surface area contributed by atoms with Gasteiger partial charge in [0, 0.05) is 24.2 Å². The third-order valence-corrected chi connectivity index (χ3v) is 5.59. The van der Waals surface area contributed by atoms with Gasteiger partial charge in [-0.15, -0.1) is 11.3 Å². The molecule has 1 saturated heterocycles. The van der Waals surface area contributed by atoms with Crippen LogP contribution in [0.2, 0.25) is 0 Å². The van der Waals surface area contributed by atoms with Gasteiger partial charge in [-0.05, 0) is 45.8 Å². The van der Waals surface area contributed by atoms with Crippen molar-refractivity contribution in [1.82, 2.24) is 4.90 Å². The van der Waals surface area contributed by atoms with Gasteiger partial charge in [0.2, 0.25) is 0 Å². The van der Waals surface area contributed by atoms with Gasteiger partial charge in [0.15, 0.2) is 0 Å². The molecule has 3 rings (SSSR count). The van der Waals surface area contributed by atoms with Crippen LogP contribution < -0.4 is 0 Å². The van der Waals surface area contributed by atoms with Gasteiger partial charge in [0.05, 0.1) is 6.10 Å². The molecule has 1 amide bonds. The van der Waals surface area contributed by atoms with Crippen molar-refractivity contribution >= 4 is 33.2 Å². The van der Waals surface area contributed by atoms with E-state index in [1.807, 2.05) is 34.5 Å². The number of carbonyl (C=O) groups excluding carboxylic acids is 1. The molecule has 1 aliphatic rings. The zero-order valence-corrected chi connectivity index (χ0v) is 14.6. The van der Waals surface area contributed by atoms with Crippen molar-refractivity contribution in [2.24, 2.45) is 0 Å². The molecular formula is C17H18BrNO2S. The van der Waals surface area contributed by atoms with E-state index in [4.69, 9.17) is 4.74 Å². The van der Waals surface area contributed by atoms with E-state index >= 15 is 0 Å². The van der Waals surface area contributed by atoms with Gasteiger partial charge in [-0.1, -0.05) is 30.3 Å². The van der Waals surface area contributed by atoms with Crippen molar-refractivity contribution in [1.29, 1.82) is 0 Å². The van der Waals surface area contributed by atoms with Crippen LogP contribution in [0.4, 0.5) is 0 Å². The molecule has 1 unspecified atom stereocenters. The fourth-order valence-electron chi connectivity index (χ4n) is 2.65. The molecule has 116 valence electrons. The third-order valence-electron chi connectivity index (χ3n) is 3.76. The van der Waals surface area contributed by atoms with Crippen LogP contribution in [0.15, 0.2) is 46.3 Å². The van der Waals surface area contributed by atoms with E-state index in [2.05, 4.69) is 28.1 Å². The number of thiophene rings is 1. The zero-order valence-electron chi connectivity index (χ0n) is 12.2. The summed E-state index contributed by atoms with van der Waals surface area (Å²) in [5.74, 6) is 0.0706. The van der Waals surface area contributed by atoms with E-state index in [9.17, 15) is 4.79 Å². The Hall–Kier alpha value is -1.17. The number of hydrogen-bond acceptors (Lipinski definition) is 3. The molecule has 22 heavy (non-hydrogen) atoms. The number of nitrogens with zero attached hydrogens (tertiary/aromatic N) is 1. The number of halogens is 1. The van der Waals surface area contributed by atoms with Gasteiger partial charge in [0.25, 0.3) is 5.91 Å². The SMILES string of the molecule is O=C(c1sccc1Br)N(Cc1ccccc1)CC1CCCO1. The molecule has 0 radical (unpaired) electrons. The summed E-state index contributed by atoms with van der Waals surface area (Å²) in [5, 5.41) is 1.93. The second-order valence-electron chi connectivity index (χ2n) is 5.40. The van der Waals surface area contributed by atoms with E-state index in [0.717, 1.165) is 34.4 Å². The molecular weight excluding hydrogens is 362 g/mol. The molecule has 0 saturated carbocycles. The maximum absolute atomic E-state index is 12.9. The number of ether oxygens (including phenoxy) is 1. The van der Waals surface area contributed by atoms with Crippen LogP contribution in [-0.2, 0) is 11.3 Å². The van der Waals surface area contributed by atoms with Crippen LogP contribution in [-0.4, -0.2) is 30.1 Å². The number of carbonyl (C=O) groups is 1. The predicted molar refractivity (Wildman–Crippen MR) is 92.2 cm³/mol. The topological polar surface area (TPSA) is 29.5 Å². The van der Waals surface area contributed by atoms with Gasteiger partial charge in [0.1, 0.15) is 4.88 Å². The zero-order chi connectivity index (χ0) is 15.4. The molecule has 5 heteroatoms. The molecule has 0 bridgehead atoms. The number of hydrogen-bond donors (Lipinski definition) is 0. The Morgan fingerprint density at radius 3 is 2.77 bits per heavy atom. The normalized spacial score (nSPS) is 17.6. The summed E-state index contributed by atoms with van der Waals surface area (Å²) in [7, 11) is 0. The summed E-state index contributed by atoms with van der Waals surface area (Å²) in [6.07, 6.45) is 2.27. The minimum Gasteiger partial charge on any atom is -0.376 e. The molecule has 3 nitrogen and oxygen atoms in total. The second kappa shape index (κ2) is 7.40. The van der Waals surface area contributed by atoms with Crippen molar-refractivity contribution < 1.29 is 9.53 Å². The summed E-state index contributed by atoms with van der Waals surface area (Å²) >= 11 is 4.94. The largest absolute Gasteiger partial charge is 0.376 e. The first-order valence-electron chi connectivity index (χ1n) is 7.42. The number of benzene rings is 1. The Morgan fingerprint density at radius 2 is 2.14 bits per heavy atom. The summed E-state index contributed by atoms with van der Waals surface area (Å²) < 4.78 is 6.59. The molecule has 0 spiro atoms. The van der Waals surface area contributed by atoms with Crippen LogP contribution in [0.25, 0.3) is 0 Å². The first kappa shape index (κ1) is 15.7. The van der Waals surface area contributed by atoms with Gasteiger partial charge in [-0.25, -0.2) is 0 Å². The molecule has 0 aliphatic carbocycles. The van der Waals surface area contributed by atoms with E-state index < -0.39 is 0 Å². The number of amides is 1. The average molecular weight is 380 g/mol. The van der Waals surface area contributed by atoms with Crippen LogP contribution >= 0.6 is 27.3 Å². The van der Waals surface area contributed by atoms with Gasteiger partial charge in [-0.2, -0.15) is 0 Å². The van der Waals surface area contributed by atoms with E-state index in [1.165, 1.54) is 11.3 Å². The van der Waals surface area contributed by atoms with Gasteiger partial charge in [-0.3, -0.25) is 4.79 Å². The molecule has 0 N–H and O–H groups in total. The molecule has 1 aromatic carbocycles. The Morgan fingerprint density at radius 1 is 1.32 bits per heavy atom. The van der Waals surface area contributed by atoms with Crippen molar-refractivity contribution in [2.75, 3.05) is 13.2 Å². The minimum absolute atomic E-state index is 0.0706. The fourth-order valence-corrected chi connectivity index (χ4v) is 4.16. The van der Waals surface area contributed by atoms with Crippen molar-refractivity contribution in [3.05, 3.63) is 56.7 Å². The second-order valence-corrected chi connectivity index (χ2v) is 7.17. The highest BCUT2D eigenvalue weighted by Crippen LogP contribution is 2.26. The molecule has 2 aromatic rings. The predicted octanol–water partition coefficient (Wildman–Crippen LogP) is 4.33. The summed E-state index contributed by atoms with van der Waals surface area (Å²) in [4.78, 5) is 15.5. The highest BCUT2D eigenvalue weighted by atomic mass is 79.9. The first-order valence-corrected chi connectivity index (χ1v) is 9.09. The summed E-state index contributed by atoms with van der Waals surface area (Å²) in [5.41, 5.74) is 1.14. The van der Waals surface area contributed by atoms with Gasteiger partial charge >= 0.3 is 0 Å². The highest BCUT2D eigenvalue weighted by Gasteiger charge is 2.25. The van der Waals surface area contributed by atoms with Crippen molar-refractivity contribution in [2.45, 2.75) is 25.5 Å². The van der Waals surface area contributed by atoms with Crippen LogP contribution in [0.3, 0.4) is 0 Å². The fraction of sp³-hybridized carbons (Fsp3) is 0.353. The monoisotopic (exact) mass is 379 g/mol. The lowest BCUT2D eigenvalue weighted by atomic mass is 10.1. The van der Waals surface area contributed by atoms with Crippen molar-refractivity contribution in [3.63, 3.8) is 0 Å². The Labute approximate surface area is 143 Å². The summed E-state index contributed by atoms with van der Waals surface area (Å²) in [6.45, 7) is 2.07. The quantitative estimate of drug-likeness (QED) is 0.773. The molecule has 1 aromatic heterocycles. The Balaban J connectivity index is 1.78. The third kappa shape index (κ3) is 3.77. The van der Waals surface area contributed by atoms with E-state index in [1.54, 1.807) is 0 Å². The van der Waals surface area contributed by atoms with Crippen molar-refractivity contribution in [3.8, 4) is 0 Å². The molecule has 2 heterocycles. The Kier molecular flexibility index (Phi) is 5.28. The molecule has 1 fully saturated rings. The van der Waals surface area contributed by atoms with Crippen LogP contribution in [0.5, 0.6) is 0 Å². The maximum Gasteiger partial charge on any atom is 0.265 e. The first-order chi connectivity index (χ1) is 10.7. The average Bonchev–Trinajstić information content (AvgIpc) is 3.18. The summed E-state index contributed by atoms with van der Waals surface area (Å²) in [6, 6.07) is 12.0. The number of rotatable bonds is 5. The Bertz CT molecular complexity index is 623. The van der Waals surface area contributed by atoms with Crippen LogP contribution in [0.1, 0.15) is 28.1 Å². The standard InChI is InChI=1S/C17H18BrNO2S/c18-15-8-10-22-16(15)17(20)19(12-14-7-4-9-21-14)11-13-5-2-1-3-6-13/h1-3,5-6,8,10,14H,4,7,9,11-12H2.